The fourth-order valence-electron chi connectivity index (χ4n) is 2.76. The van der Waals surface area contributed by atoms with Crippen molar-refractivity contribution >= 4 is 5.78 Å². The summed E-state index contributed by atoms with van der Waals surface area (Å²) >= 11 is 0. The first-order valence-corrected chi connectivity index (χ1v) is 7.64. The van der Waals surface area contributed by atoms with Gasteiger partial charge in [-0.3, -0.25) is 4.79 Å². The summed E-state index contributed by atoms with van der Waals surface area (Å²) in [6, 6.07) is 14.9. The number of halogens is 2. The summed E-state index contributed by atoms with van der Waals surface area (Å²) in [5.41, 5.74) is 2.76. The largest absolute Gasteiger partial charge is 0.336 e. The van der Waals surface area contributed by atoms with Crippen LogP contribution in [0.4, 0.5) is 8.78 Å². The molecule has 0 N–H and O–H groups in total. The third-order valence-electron chi connectivity index (χ3n) is 4.01. The van der Waals surface area contributed by atoms with E-state index in [2.05, 4.69) is 6.07 Å². The Labute approximate surface area is 143 Å². The Morgan fingerprint density at radius 2 is 1.60 bits per heavy atom. The third-order valence-corrected chi connectivity index (χ3v) is 4.01. The van der Waals surface area contributed by atoms with Crippen molar-refractivity contribution in [1.82, 2.24) is 4.57 Å². The molecule has 3 nitrogen and oxygen atoms in total. The summed E-state index contributed by atoms with van der Waals surface area (Å²) < 4.78 is 27.9. The lowest BCUT2D eigenvalue weighted by atomic mass is 10.1. The zero-order valence-corrected chi connectivity index (χ0v) is 13.5. The molecular weight excluding hydrogens is 322 g/mol. The fraction of sp³-hybridized carbons (Fsp3) is 0.100. The van der Waals surface area contributed by atoms with Crippen molar-refractivity contribution < 1.29 is 13.6 Å². The van der Waals surface area contributed by atoms with Crippen molar-refractivity contribution in [1.29, 1.82) is 5.26 Å². The second-order valence-electron chi connectivity index (χ2n) is 5.68. The van der Waals surface area contributed by atoms with Gasteiger partial charge in [-0.25, -0.2) is 8.78 Å². The molecule has 25 heavy (non-hydrogen) atoms. The summed E-state index contributed by atoms with van der Waals surface area (Å²) in [5.74, 6) is -0.988. The molecule has 0 fully saturated rings. The number of benzene rings is 2. The number of hydrogen-bond acceptors (Lipinski definition) is 2. The van der Waals surface area contributed by atoms with Gasteiger partial charge in [0.15, 0.2) is 5.78 Å². The molecule has 0 saturated carbocycles. The van der Waals surface area contributed by atoms with Crippen LogP contribution < -0.4 is 0 Å². The van der Waals surface area contributed by atoms with E-state index in [0.29, 0.717) is 22.4 Å². The molecule has 0 unspecified atom stereocenters. The van der Waals surface area contributed by atoms with E-state index in [1.165, 1.54) is 36.4 Å². The topological polar surface area (TPSA) is 45.8 Å². The summed E-state index contributed by atoms with van der Waals surface area (Å²) in [5, 5.41) is 9.39. The van der Waals surface area contributed by atoms with E-state index in [1.54, 1.807) is 29.7 Å². The molecule has 1 aromatic heterocycles. The Kier molecular flexibility index (Phi) is 4.44. The molecule has 3 rings (SSSR count). The highest BCUT2D eigenvalue weighted by molar-refractivity contribution is 5.96. The normalized spacial score (nSPS) is 10.5. The number of nitrogens with zero attached hydrogens (tertiary/aromatic N) is 2. The van der Waals surface area contributed by atoms with E-state index in [9.17, 15) is 18.8 Å². The first-order valence-electron chi connectivity index (χ1n) is 7.64. The zero-order valence-electron chi connectivity index (χ0n) is 13.5. The van der Waals surface area contributed by atoms with Gasteiger partial charge in [-0.2, -0.15) is 5.26 Å². The average molecular weight is 336 g/mol. The van der Waals surface area contributed by atoms with Crippen LogP contribution >= 0.6 is 0 Å². The summed E-state index contributed by atoms with van der Waals surface area (Å²) in [6.45, 7) is 1.80. The maximum absolute atomic E-state index is 13.2. The van der Waals surface area contributed by atoms with Gasteiger partial charge >= 0.3 is 0 Å². The second-order valence-corrected chi connectivity index (χ2v) is 5.68. The van der Waals surface area contributed by atoms with Gasteiger partial charge in [0, 0.05) is 11.3 Å². The van der Waals surface area contributed by atoms with Crippen LogP contribution in [0, 0.1) is 29.9 Å². The molecule has 0 aliphatic heterocycles. The van der Waals surface area contributed by atoms with Crippen molar-refractivity contribution in [3.05, 3.63) is 83.1 Å². The lowest BCUT2D eigenvalue weighted by Gasteiger charge is -2.12. The molecule has 124 valence electrons. The Balaban J connectivity index is 2.02. The highest BCUT2D eigenvalue weighted by atomic mass is 19.1. The minimum absolute atomic E-state index is 0.00581. The SMILES string of the molecule is Cc1cc(C#N)c(-c2ccc(F)cc2)n1CC(=O)c1ccc(F)cc1. The summed E-state index contributed by atoms with van der Waals surface area (Å²) in [6.07, 6.45) is 0. The van der Waals surface area contributed by atoms with Crippen LogP contribution in [0.2, 0.25) is 0 Å². The molecule has 0 spiro atoms. The van der Waals surface area contributed by atoms with Crippen LogP contribution in [0.3, 0.4) is 0 Å². The predicted octanol–water partition coefficient (Wildman–Crippen LogP) is 4.50. The molecule has 3 aromatic rings. The van der Waals surface area contributed by atoms with Crippen LogP contribution in [0.1, 0.15) is 21.6 Å². The van der Waals surface area contributed by atoms with E-state index < -0.39 is 5.82 Å². The van der Waals surface area contributed by atoms with Gasteiger partial charge in [0.2, 0.25) is 0 Å². The summed E-state index contributed by atoms with van der Waals surface area (Å²) in [7, 11) is 0. The Morgan fingerprint density at radius 3 is 2.16 bits per heavy atom. The molecule has 0 saturated heterocycles. The quantitative estimate of drug-likeness (QED) is 0.659. The standard InChI is InChI=1S/C20H14F2N2O/c1-13-10-16(11-23)20(15-4-8-18(22)9-5-15)24(13)12-19(25)14-2-6-17(21)7-3-14/h2-10H,12H2,1H3. The van der Waals surface area contributed by atoms with Crippen LogP contribution in [-0.2, 0) is 6.54 Å². The monoisotopic (exact) mass is 336 g/mol. The maximum Gasteiger partial charge on any atom is 0.182 e. The number of hydrogen-bond donors (Lipinski definition) is 0. The third kappa shape index (κ3) is 3.33. The minimum atomic E-state index is -0.410. The Morgan fingerprint density at radius 1 is 1.04 bits per heavy atom. The highest BCUT2D eigenvalue weighted by Gasteiger charge is 2.17. The number of aromatic nitrogens is 1. The number of nitriles is 1. The van der Waals surface area contributed by atoms with Crippen LogP contribution in [0.15, 0.2) is 54.6 Å². The molecule has 0 amide bonds. The van der Waals surface area contributed by atoms with E-state index in [1.807, 2.05) is 0 Å². The van der Waals surface area contributed by atoms with Crippen LogP contribution in [0.25, 0.3) is 11.3 Å². The van der Waals surface area contributed by atoms with Gasteiger partial charge in [-0.1, -0.05) is 0 Å². The number of Topliss-reactive ketones (excluding diaryl/α,β-unsaturated/α-hetero) is 1. The lowest BCUT2D eigenvalue weighted by Crippen LogP contribution is -2.13. The first-order chi connectivity index (χ1) is 12.0. The smallest absolute Gasteiger partial charge is 0.182 e. The van der Waals surface area contributed by atoms with Gasteiger partial charge in [0.25, 0.3) is 0 Å². The zero-order chi connectivity index (χ0) is 18.0. The minimum Gasteiger partial charge on any atom is -0.336 e. The lowest BCUT2D eigenvalue weighted by molar-refractivity contribution is 0.0972. The maximum atomic E-state index is 13.2. The average Bonchev–Trinajstić information content (AvgIpc) is 2.92. The molecule has 1 heterocycles. The molecule has 0 aliphatic carbocycles. The fourth-order valence-corrected chi connectivity index (χ4v) is 2.76. The summed E-state index contributed by atoms with van der Waals surface area (Å²) in [4.78, 5) is 12.5. The van der Waals surface area contributed by atoms with E-state index >= 15 is 0 Å². The van der Waals surface area contributed by atoms with Gasteiger partial charge in [-0.05, 0) is 67.1 Å². The number of carbonyl (C=O) groups excluding carboxylic acids is 1. The van der Waals surface area contributed by atoms with Crippen molar-refractivity contribution in [2.24, 2.45) is 0 Å². The van der Waals surface area contributed by atoms with Gasteiger partial charge in [-0.15, -0.1) is 0 Å². The molecule has 0 radical (unpaired) electrons. The van der Waals surface area contributed by atoms with Gasteiger partial charge in [0.05, 0.1) is 17.8 Å². The second kappa shape index (κ2) is 6.70. The number of ketones is 1. The van der Waals surface area contributed by atoms with Crippen molar-refractivity contribution in [3.8, 4) is 17.3 Å². The molecule has 0 atom stereocenters. The van der Waals surface area contributed by atoms with E-state index in [0.717, 1.165) is 5.69 Å². The van der Waals surface area contributed by atoms with Crippen molar-refractivity contribution in [3.63, 3.8) is 0 Å². The highest BCUT2D eigenvalue weighted by Crippen LogP contribution is 2.28. The number of rotatable bonds is 4. The van der Waals surface area contributed by atoms with Gasteiger partial charge in [0.1, 0.15) is 17.7 Å². The van der Waals surface area contributed by atoms with Crippen molar-refractivity contribution in [2.45, 2.75) is 13.5 Å². The van der Waals surface area contributed by atoms with Gasteiger partial charge < -0.3 is 4.57 Å². The molecule has 0 bridgehead atoms. The Bertz CT molecular complexity index is 965. The molecule has 5 heteroatoms. The predicted molar refractivity (Wildman–Crippen MR) is 90.0 cm³/mol. The van der Waals surface area contributed by atoms with E-state index in [-0.39, 0.29) is 18.1 Å². The number of carbonyl (C=O) groups is 1. The van der Waals surface area contributed by atoms with Crippen LogP contribution in [-0.4, -0.2) is 10.4 Å². The van der Waals surface area contributed by atoms with Crippen LogP contribution in [0.5, 0.6) is 0 Å². The van der Waals surface area contributed by atoms with E-state index in [4.69, 9.17) is 0 Å². The van der Waals surface area contributed by atoms with Crippen molar-refractivity contribution in [2.75, 3.05) is 0 Å². The number of aryl methyl sites for hydroxylation is 1. The Hall–Kier alpha value is -3.26. The molecule has 0 aliphatic rings. The molecule has 2 aromatic carbocycles. The molecular formula is C20H14F2N2O. The first kappa shape index (κ1) is 16.6.